The van der Waals surface area contributed by atoms with Gasteiger partial charge in [-0.1, -0.05) is 5.16 Å². The number of rotatable bonds is 8. The van der Waals surface area contributed by atoms with E-state index in [0.717, 1.165) is 0 Å². The summed E-state index contributed by atoms with van der Waals surface area (Å²) in [4.78, 5) is 22.1. The molecule has 0 aliphatic heterocycles. The molecule has 0 spiro atoms. The van der Waals surface area contributed by atoms with Crippen molar-refractivity contribution < 1.29 is 23.5 Å². The molecule has 0 atom stereocenters. The van der Waals surface area contributed by atoms with Gasteiger partial charge in [0.05, 0.1) is 31.1 Å². The minimum Gasteiger partial charge on any atom is -0.496 e. The van der Waals surface area contributed by atoms with E-state index in [0.29, 0.717) is 28.5 Å². The summed E-state index contributed by atoms with van der Waals surface area (Å²) in [5.74, 6) is -0.0758. The lowest BCUT2D eigenvalue weighted by Gasteiger charge is -2.11. The van der Waals surface area contributed by atoms with Crippen molar-refractivity contribution in [1.29, 1.82) is 0 Å². The summed E-state index contributed by atoms with van der Waals surface area (Å²) >= 11 is 0. The molecular formula is C20H23FN2O4. The van der Waals surface area contributed by atoms with Crippen molar-refractivity contribution in [2.24, 2.45) is 5.16 Å². The van der Waals surface area contributed by atoms with Crippen molar-refractivity contribution in [2.75, 3.05) is 14.2 Å². The molecule has 0 bridgehead atoms. The monoisotopic (exact) mass is 374 g/mol. The Kier molecular flexibility index (Phi) is 6.87. The summed E-state index contributed by atoms with van der Waals surface area (Å²) in [7, 11) is 2.94. The highest BCUT2D eigenvalue weighted by molar-refractivity contribution is 6.02. The maximum atomic E-state index is 13.5. The van der Waals surface area contributed by atoms with Crippen LogP contribution in [0, 0.1) is 5.82 Å². The normalized spacial score (nSPS) is 11.4. The topological polar surface area (TPSA) is 70.0 Å². The van der Waals surface area contributed by atoms with E-state index in [9.17, 15) is 9.18 Å². The van der Waals surface area contributed by atoms with Crippen molar-refractivity contribution in [1.82, 2.24) is 4.98 Å². The summed E-state index contributed by atoms with van der Waals surface area (Å²) in [6.45, 7) is 5.50. The number of nitrogens with zero attached hydrogens (tertiary/aromatic N) is 2. The summed E-state index contributed by atoms with van der Waals surface area (Å²) in [6.07, 6.45) is 1.51. The number of oxime groups is 1. The first-order chi connectivity index (χ1) is 12.8. The third-order valence-corrected chi connectivity index (χ3v) is 3.72. The number of halogens is 1. The number of aromatic nitrogens is 1. The van der Waals surface area contributed by atoms with Gasteiger partial charge in [0.1, 0.15) is 17.7 Å². The molecule has 0 saturated carbocycles. The maximum Gasteiger partial charge on any atom is 0.222 e. The minimum absolute atomic E-state index is 0.0299. The highest BCUT2D eigenvalue weighted by Crippen LogP contribution is 2.23. The Morgan fingerprint density at radius 1 is 1.19 bits per heavy atom. The van der Waals surface area contributed by atoms with Gasteiger partial charge in [0.15, 0.2) is 5.78 Å². The Morgan fingerprint density at radius 3 is 2.56 bits per heavy atom. The van der Waals surface area contributed by atoms with Crippen molar-refractivity contribution in [3.05, 3.63) is 53.0 Å². The van der Waals surface area contributed by atoms with Crippen molar-refractivity contribution in [3.63, 3.8) is 0 Å². The molecule has 0 aliphatic rings. The lowest BCUT2D eigenvalue weighted by Crippen LogP contribution is -2.09. The Labute approximate surface area is 158 Å². The van der Waals surface area contributed by atoms with Crippen LogP contribution >= 0.6 is 0 Å². The van der Waals surface area contributed by atoms with Gasteiger partial charge in [-0.05, 0) is 50.6 Å². The second-order valence-corrected chi connectivity index (χ2v) is 6.18. The number of ketones is 1. The molecular weight excluding hydrogens is 351 g/mol. The molecule has 0 amide bonds. The van der Waals surface area contributed by atoms with Gasteiger partial charge in [0.2, 0.25) is 5.88 Å². The molecule has 7 heteroatoms. The van der Waals surface area contributed by atoms with E-state index < -0.39 is 5.82 Å². The number of methoxy groups -OCH3 is 2. The summed E-state index contributed by atoms with van der Waals surface area (Å²) in [5.41, 5.74) is 2.02. The summed E-state index contributed by atoms with van der Waals surface area (Å²) in [5, 5.41) is 4.06. The molecule has 6 nitrogen and oxygen atoms in total. The van der Waals surface area contributed by atoms with Gasteiger partial charge in [-0.15, -0.1) is 0 Å². The first kappa shape index (κ1) is 20.4. The van der Waals surface area contributed by atoms with Crippen LogP contribution in [0.5, 0.6) is 11.6 Å². The van der Waals surface area contributed by atoms with Crippen molar-refractivity contribution in [2.45, 2.75) is 33.3 Å². The van der Waals surface area contributed by atoms with Gasteiger partial charge in [0.25, 0.3) is 0 Å². The standard InChI is InChI=1S/C20H23FN2O4/c1-12(2)27-23-13(3)16-8-14(11-22-20(16)26-5)9-18(24)17-10-15(21)6-7-19(17)25-4/h6-8,10-12H,9H2,1-5H3/b23-13+. The lowest BCUT2D eigenvalue weighted by atomic mass is 10.0. The number of ether oxygens (including phenoxy) is 2. The molecule has 2 aromatic rings. The van der Waals surface area contributed by atoms with Crippen LogP contribution in [-0.4, -0.2) is 36.8 Å². The molecule has 1 aromatic carbocycles. The molecule has 144 valence electrons. The fourth-order valence-corrected chi connectivity index (χ4v) is 2.43. The number of hydrogen-bond acceptors (Lipinski definition) is 6. The van der Waals surface area contributed by atoms with Crippen LogP contribution in [0.15, 0.2) is 35.6 Å². The number of hydrogen-bond donors (Lipinski definition) is 0. The third kappa shape index (κ3) is 5.26. The van der Waals surface area contributed by atoms with Crippen LogP contribution in [0.25, 0.3) is 0 Å². The van der Waals surface area contributed by atoms with E-state index in [1.165, 1.54) is 32.4 Å². The Bertz CT molecular complexity index is 850. The maximum absolute atomic E-state index is 13.5. The predicted molar refractivity (Wildman–Crippen MR) is 100 cm³/mol. The first-order valence-electron chi connectivity index (χ1n) is 8.46. The quantitative estimate of drug-likeness (QED) is 0.399. The van der Waals surface area contributed by atoms with E-state index >= 15 is 0 Å². The molecule has 1 aromatic heterocycles. The van der Waals surface area contributed by atoms with Crippen LogP contribution in [-0.2, 0) is 11.3 Å². The van der Waals surface area contributed by atoms with E-state index in [1.54, 1.807) is 19.2 Å². The van der Waals surface area contributed by atoms with Gasteiger partial charge in [0, 0.05) is 12.6 Å². The van der Waals surface area contributed by atoms with E-state index in [4.69, 9.17) is 14.3 Å². The highest BCUT2D eigenvalue weighted by atomic mass is 19.1. The first-order valence-corrected chi connectivity index (χ1v) is 8.46. The largest absolute Gasteiger partial charge is 0.496 e. The predicted octanol–water partition coefficient (Wildman–Crippen LogP) is 3.81. The number of Topliss-reactive ketones (excluding diaryl/α,β-unsaturated/α-hetero) is 1. The van der Waals surface area contributed by atoms with E-state index in [-0.39, 0.29) is 23.9 Å². The molecule has 0 N–H and O–H groups in total. The van der Waals surface area contributed by atoms with E-state index in [2.05, 4.69) is 10.1 Å². The van der Waals surface area contributed by atoms with Crippen molar-refractivity contribution >= 4 is 11.5 Å². The van der Waals surface area contributed by atoms with Crippen LogP contribution in [0.1, 0.15) is 42.3 Å². The zero-order valence-electron chi connectivity index (χ0n) is 16.1. The molecule has 0 radical (unpaired) electrons. The zero-order chi connectivity index (χ0) is 20.0. The van der Waals surface area contributed by atoms with Crippen LogP contribution in [0.2, 0.25) is 0 Å². The SMILES string of the molecule is COc1ccc(F)cc1C(=O)Cc1cnc(OC)c(/C(C)=N/OC(C)C)c1. The van der Waals surface area contributed by atoms with Crippen molar-refractivity contribution in [3.8, 4) is 11.6 Å². The van der Waals surface area contributed by atoms with Gasteiger partial charge < -0.3 is 14.3 Å². The summed E-state index contributed by atoms with van der Waals surface area (Å²) in [6, 6.07) is 5.61. The van der Waals surface area contributed by atoms with Crippen LogP contribution in [0.4, 0.5) is 4.39 Å². The molecule has 27 heavy (non-hydrogen) atoms. The average Bonchev–Trinajstić information content (AvgIpc) is 2.65. The number of pyridine rings is 1. The number of carbonyl (C=O) groups is 1. The second-order valence-electron chi connectivity index (χ2n) is 6.18. The molecule has 1 heterocycles. The highest BCUT2D eigenvalue weighted by Gasteiger charge is 2.17. The molecule has 0 saturated heterocycles. The average molecular weight is 374 g/mol. The summed E-state index contributed by atoms with van der Waals surface area (Å²) < 4.78 is 24.0. The van der Waals surface area contributed by atoms with Crippen LogP contribution < -0.4 is 9.47 Å². The fourth-order valence-electron chi connectivity index (χ4n) is 2.43. The molecule has 0 fully saturated rings. The number of carbonyl (C=O) groups excluding carboxylic acids is 1. The van der Waals surface area contributed by atoms with Gasteiger partial charge in [-0.2, -0.15) is 0 Å². The fraction of sp³-hybridized carbons (Fsp3) is 0.350. The third-order valence-electron chi connectivity index (χ3n) is 3.72. The Hall–Kier alpha value is -2.96. The van der Waals surface area contributed by atoms with Gasteiger partial charge in [-0.3, -0.25) is 4.79 Å². The van der Waals surface area contributed by atoms with Gasteiger partial charge in [-0.25, -0.2) is 9.37 Å². The molecule has 0 aliphatic carbocycles. The second kappa shape index (κ2) is 9.12. The van der Waals surface area contributed by atoms with Gasteiger partial charge >= 0.3 is 0 Å². The Morgan fingerprint density at radius 2 is 1.93 bits per heavy atom. The van der Waals surface area contributed by atoms with E-state index in [1.807, 2.05) is 13.8 Å². The lowest BCUT2D eigenvalue weighted by molar-refractivity contribution is 0.0859. The smallest absolute Gasteiger partial charge is 0.222 e. The minimum atomic E-state index is -0.499. The van der Waals surface area contributed by atoms with Crippen LogP contribution in [0.3, 0.4) is 0 Å². The molecule has 0 unspecified atom stereocenters. The zero-order valence-corrected chi connectivity index (χ0v) is 16.1. The Balaban J connectivity index is 2.32. The number of benzene rings is 1. The molecule has 2 rings (SSSR count).